The molecule has 0 saturated carbocycles. The maximum absolute atomic E-state index is 11.5. The Labute approximate surface area is 134 Å². The lowest BCUT2D eigenvalue weighted by Gasteiger charge is -2.12. The third-order valence-electron chi connectivity index (χ3n) is 2.81. The molecule has 0 spiro atoms. The summed E-state index contributed by atoms with van der Waals surface area (Å²) >= 11 is 0. The minimum Gasteiger partial charge on any atom is -0.493 e. The molecule has 8 heteroatoms. The molecule has 23 heavy (non-hydrogen) atoms. The lowest BCUT2D eigenvalue weighted by Crippen LogP contribution is -2.38. The quantitative estimate of drug-likeness (QED) is 0.437. The van der Waals surface area contributed by atoms with Gasteiger partial charge in [-0.25, -0.2) is 5.43 Å². The zero-order valence-electron chi connectivity index (χ0n) is 13.6. The van der Waals surface area contributed by atoms with Crippen LogP contribution in [0, 0.1) is 0 Å². The van der Waals surface area contributed by atoms with Gasteiger partial charge in [0.05, 0.1) is 27.5 Å². The fourth-order valence-corrected chi connectivity index (χ4v) is 1.71. The van der Waals surface area contributed by atoms with Crippen molar-refractivity contribution >= 4 is 18.0 Å². The molecule has 0 atom stereocenters. The Morgan fingerprint density at radius 3 is 2.17 bits per heavy atom. The number of benzene rings is 1. The first-order valence-electron chi connectivity index (χ1n) is 6.98. The summed E-state index contributed by atoms with van der Waals surface area (Å²) in [6.45, 7) is 2.32. The van der Waals surface area contributed by atoms with Crippen LogP contribution in [-0.4, -0.2) is 45.9 Å². The van der Waals surface area contributed by atoms with Crippen molar-refractivity contribution in [3.63, 3.8) is 0 Å². The van der Waals surface area contributed by atoms with Crippen molar-refractivity contribution in [3.8, 4) is 17.2 Å². The molecule has 0 radical (unpaired) electrons. The maximum Gasteiger partial charge on any atom is 0.329 e. The number of ether oxygens (including phenoxy) is 3. The number of hydrogen-bond acceptors (Lipinski definition) is 6. The summed E-state index contributed by atoms with van der Waals surface area (Å²) in [5.41, 5.74) is 2.75. The summed E-state index contributed by atoms with van der Waals surface area (Å²) in [5.74, 6) is -0.188. The Balaban J connectivity index is 2.80. The average Bonchev–Trinajstić information content (AvgIpc) is 2.58. The zero-order chi connectivity index (χ0) is 17.2. The molecule has 0 aromatic heterocycles. The van der Waals surface area contributed by atoms with Crippen molar-refractivity contribution in [1.29, 1.82) is 0 Å². The molecule has 0 saturated heterocycles. The van der Waals surface area contributed by atoms with Crippen molar-refractivity contribution < 1.29 is 23.8 Å². The van der Waals surface area contributed by atoms with E-state index in [2.05, 4.69) is 15.8 Å². The van der Waals surface area contributed by atoms with E-state index in [1.165, 1.54) is 27.5 Å². The SMILES string of the molecule is CCCNC(=O)C(=O)N/N=C\c1cc(OC)c(OC)c(OC)c1. The van der Waals surface area contributed by atoms with Gasteiger partial charge in [-0.1, -0.05) is 6.92 Å². The van der Waals surface area contributed by atoms with Gasteiger partial charge in [-0.05, 0) is 18.6 Å². The number of hydrogen-bond donors (Lipinski definition) is 2. The van der Waals surface area contributed by atoms with E-state index < -0.39 is 11.8 Å². The summed E-state index contributed by atoms with van der Waals surface area (Å²) in [6, 6.07) is 3.32. The minimum atomic E-state index is -0.831. The molecule has 2 N–H and O–H groups in total. The van der Waals surface area contributed by atoms with Gasteiger partial charge in [0.15, 0.2) is 11.5 Å². The summed E-state index contributed by atoms with van der Waals surface area (Å²) in [5, 5.41) is 6.19. The highest BCUT2D eigenvalue weighted by Gasteiger charge is 2.13. The van der Waals surface area contributed by atoms with Crippen molar-refractivity contribution in [2.24, 2.45) is 5.10 Å². The molecule has 1 rings (SSSR count). The lowest BCUT2D eigenvalue weighted by molar-refractivity contribution is -0.139. The van der Waals surface area contributed by atoms with E-state index in [1.807, 2.05) is 6.92 Å². The highest BCUT2D eigenvalue weighted by Crippen LogP contribution is 2.37. The molecule has 0 bridgehead atoms. The molecule has 0 aliphatic heterocycles. The normalized spacial score (nSPS) is 10.3. The van der Waals surface area contributed by atoms with Crippen molar-refractivity contribution in [2.45, 2.75) is 13.3 Å². The van der Waals surface area contributed by atoms with Crippen LogP contribution >= 0.6 is 0 Å². The van der Waals surface area contributed by atoms with E-state index in [4.69, 9.17) is 14.2 Å². The zero-order valence-corrected chi connectivity index (χ0v) is 13.6. The van der Waals surface area contributed by atoms with Crippen molar-refractivity contribution in [1.82, 2.24) is 10.7 Å². The Bertz CT molecular complexity index is 561. The van der Waals surface area contributed by atoms with Gasteiger partial charge in [-0.3, -0.25) is 9.59 Å². The first-order chi connectivity index (χ1) is 11.1. The molecular formula is C15H21N3O5. The fraction of sp³-hybridized carbons (Fsp3) is 0.400. The van der Waals surface area contributed by atoms with E-state index in [-0.39, 0.29) is 0 Å². The molecular weight excluding hydrogens is 302 g/mol. The molecule has 0 aliphatic rings. The fourth-order valence-electron chi connectivity index (χ4n) is 1.71. The van der Waals surface area contributed by atoms with Gasteiger partial charge in [0.2, 0.25) is 5.75 Å². The summed E-state index contributed by atoms with van der Waals surface area (Å²) in [6.07, 6.45) is 2.11. The Morgan fingerprint density at radius 1 is 1.09 bits per heavy atom. The number of carbonyl (C=O) groups is 2. The highest BCUT2D eigenvalue weighted by atomic mass is 16.5. The maximum atomic E-state index is 11.5. The number of amides is 2. The third-order valence-corrected chi connectivity index (χ3v) is 2.81. The highest BCUT2D eigenvalue weighted by molar-refractivity contribution is 6.35. The van der Waals surface area contributed by atoms with E-state index in [0.717, 1.165) is 6.42 Å². The number of hydrazone groups is 1. The molecule has 0 heterocycles. The number of methoxy groups -OCH3 is 3. The number of nitrogens with zero attached hydrogens (tertiary/aromatic N) is 1. The van der Waals surface area contributed by atoms with Gasteiger partial charge < -0.3 is 19.5 Å². The second-order valence-corrected chi connectivity index (χ2v) is 4.41. The molecule has 0 unspecified atom stereocenters. The number of rotatable bonds is 7. The molecule has 1 aromatic carbocycles. The lowest BCUT2D eigenvalue weighted by atomic mass is 10.2. The van der Waals surface area contributed by atoms with Crippen LogP contribution in [0.15, 0.2) is 17.2 Å². The average molecular weight is 323 g/mol. The topological polar surface area (TPSA) is 98.3 Å². The van der Waals surface area contributed by atoms with Gasteiger partial charge in [0.1, 0.15) is 0 Å². The van der Waals surface area contributed by atoms with Crippen molar-refractivity contribution in [3.05, 3.63) is 17.7 Å². The smallest absolute Gasteiger partial charge is 0.329 e. The Kier molecular flexibility index (Phi) is 7.38. The van der Waals surface area contributed by atoms with E-state index in [9.17, 15) is 9.59 Å². The van der Waals surface area contributed by atoms with Gasteiger partial charge in [-0.2, -0.15) is 5.10 Å². The second kappa shape index (κ2) is 9.29. The third kappa shape index (κ3) is 5.17. The monoisotopic (exact) mass is 323 g/mol. The van der Waals surface area contributed by atoms with E-state index >= 15 is 0 Å². The van der Waals surface area contributed by atoms with Crippen LogP contribution in [-0.2, 0) is 9.59 Å². The van der Waals surface area contributed by atoms with Crippen LogP contribution in [0.5, 0.6) is 17.2 Å². The van der Waals surface area contributed by atoms with Gasteiger partial charge >= 0.3 is 11.8 Å². The summed E-state index contributed by atoms with van der Waals surface area (Å²) in [4.78, 5) is 22.9. The molecule has 0 aliphatic carbocycles. The minimum absolute atomic E-state index is 0.433. The van der Waals surface area contributed by atoms with Crippen molar-refractivity contribution in [2.75, 3.05) is 27.9 Å². The number of nitrogens with one attached hydrogen (secondary N) is 2. The first kappa shape index (κ1) is 18.3. The predicted octanol–water partition coefficient (Wildman–Crippen LogP) is 0.689. The summed E-state index contributed by atoms with van der Waals surface area (Å²) in [7, 11) is 4.50. The predicted molar refractivity (Wildman–Crippen MR) is 85.1 cm³/mol. The molecule has 1 aromatic rings. The van der Waals surface area contributed by atoms with Crippen LogP contribution < -0.4 is 25.0 Å². The molecule has 0 fully saturated rings. The van der Waals surface area contributed by atoms with Crippen LogP contribution in [0.3, 0.4) is 0 Å². The van der Waals surface area contributed by atoms with Crippen LogP contribution in [0.25, 0.3) is 0 Å². The second-order valence-electron chi connectivity index (χ2n) is 4.41. The van der Waals surface area contributed by atoms with Crippen LogP contribution in [0.4, 0.5) is 0 Å². The Morgan fingerprint density at radius 2 is 1.70 bits per heavy atom. The standard InChI is InChI=1S/C15H21N3O5/c1-5-6-16-14(19)15(20)18-17-9-10-7-11(21-2)13(23-4)12(8-10)22-3/h7-9H,5-6H2,1-4H3,(H,16,19)(H,18,20)/b17-9-. The first-order valence-corrected chi connectivity index (χ1v) is 6.98. The van der Waals surface area contributed by atoms with Crippen LogP contribution in [0.2, 0.25) is 0 Å². The van der Waals surface area contributed by atoms with Gasteiger partial charge in [0.25, 0.3) is 0 Å². The summed E-state index contributed by atoms with van der Waals surface area (Å²) < 4.78 is 15.6. The van der Waals surface area contributed by atoms with E-state index in [1.54, 1.807) is 12.1 Å². The Hall–Kier alpha value is -2.77. The molecule has 2 amide bonds. The number of carbonyl (C=O) groups excluding carboxylic acids is 2. The van der Waals surface area contributed by atoms with E-state index in [0.29, 0.717) is 29.4 Å². The van der Waals surface area contributed by atoms with Gasteiger partial charge in [-0.15, -0.1) is 0 Å². The van der Waals surface area contributed by atoms with Gasteiger partial charge in [0, 0.05) is 12.1 Å². The molecule has 8 nitrogen and oxygen atoms in total. The van der Waals surface area contributed by atoms with Crippen LogP contribution in [0.1, 0.15) is 18.9 Å². The largest absolute Gasteiger partial charge is 0.493 e. The molecule has 126 valence electrons.